The van der Waals surface area contributed by atoms with Crippen molar-refractivity contribution < 1.29 is 9.90 Å². The highest BCUT2D eigenvalue weighted by molar-refractivity contribution is 5.70. The Morgan fingerprint density at radius 1 is 1.06 bits per heavy atom. The quantitative estimate of drug-likeness (QED) is 0.870. The second-order valence-electron chi connectivity index (χ2n) is 4.17. The normalized spacial score (nSPS) is 10.5. The summed E-state index contributed by atoms with van der Waals surface area (Å²) < 4.78 is 0. The molecule has 92 valence electrons. The molecule has 0 aliphatic carbocycles. The van der Waals surface area contributed by atoms with Gasteiger partial charge in [0.15, 0.2) is 0 Å². The van der Waals surface area contributed by atoms with Crippen molar-refractivity contribution in [1.29, 1.82) is 0 Å². The van der Waals surface area contributed by atoms with Crippen LogP contribution in [0.5, 0.6) is 0 Å². The average molecular weight is 242 g/mol. The molecule has 4 heteroatoms. The molecule has 0 saturated carbocycles. The van der Waals surface area contributed by atoms with Crippen LogP contribution in [0.4, 0.5) is 0 Å². The van der Waals surface area contributed by atoms with Crippen LogP contribution in [-0.2, 0) is 17.6 Å². The minimum Gasteiger partial charge on any atom is -0.481 e. The molecule has 0 amide bonds. The van der Waals surface area contributed by atoms with Gasteiger partial charge >= 0.3 is 5.97 Å². The zero-order valence-corrected chi connectivity index (χ0v) is 9.86. The second-order valence-corrected chi connectivity index (χ2v) is 4.17. The average Bonchev–Trinajstić information content (AvgIpc) is 2.40. The minimum atomic E-state index is -0.789. The predicted octanol–water partition coefficient (Wildman–Crippen LogP) is 1.96. The van der Waals surface area contributed by atoms with Crippen LogP contribution in [0.3, 0.4) is 0 Å². The third-order valence-corrected chi connectivity index (χ3v) is 2.76. The van der Waals surface area contributed by atoms with Crippen LogP contribution in [-0.4, -0.2) is 21.0 Å². The molecule has 18 heavy (non-hydrogen) atoms. The molecule has 0 radical (unpaired) electrons. The van der Waals surface area contributed by atoms with E-state index in [0.29, 0.717) is 12.8 Å². The van der Waals surface area contributed by atoms with Gasteiger partial charge in [-0.1, -0.05) is 12.1 Å². The van der Waals surface area contributed by atoms with Crippen LogP contribution in [0, 0.1) is 5.92 Å². The molecule has 0 bridgehead atoms. The predicted molar refractivity (Wildman–Crippen MR) is 67.0 cm³/mol. The Bertz CT molecular complexity index is 458. The number of aromatic nitrogens is 2. The molecule has 2 aromatic rings. The number of rotatable bonds is 5. The monoisotopic (exact) mass is 242 g/mol. The molecular weight excluding hydrogens is 228 g/mol. The molecule has 2 aromatic heterocycles. The summed E-state index contributed by atoms with van der Waals surface area (Å²) in [4.78, 5) is 19.3. The zero-order valence-electron chi connectivity index (χ0n) is 9.86. The smallest absolute Gasteiger partial charge is 0.307 e. The van der Waals surface area contributed by atoms with Crippen LogP contribution >= 0.6 is 0 Å². The van der Waals surface area contributed by atoms with Crippen LogP contribution in [0.25, 0.3) is 0 Å². The van der Waals surface area contributed by atoms with Gasteiger partial charge < -0.3 is 5.11 Å². The lowest BCUT2D eigenvalue weighted by Crippen LogP contribution is -2.19. The summed E-state index contributed by atoms with van der Waals surface area (Å²) in [5, 5.41) is 9.26. The molecule has 0 atom stereocenters. The number of hydrogen-bond donors (Lipinski definition) is 1. The van der Waals surface area contributed by atoms with Crippen molar-refractivity contribution in [3.05, 3.63) is 60.2 Å². The molecule has 0 unspecified atom stereocenters. The lowest BCUT2D eigenvalue weighted by Gasteiger charge is -2.11. The second kappa shape index (κ2) is 5.91. The zero-order chi connectivity index (χ0) is 12.8. The molecule has 0 aromatic carbocycles. The first kappa shape index (κ1) is 12.2. The Labute approximate surface area is 105 Å². The molecule has 0 aliphatic heterocycles. The van der Waals surface area contributed by atoms with E-state index in [9.17, 15) is 9.90 Å². The Balaban J connectivity index is 2.08. The summed E-state index contributed by atoms with van der Waals surface area (Å²) >= 11 is 0. The Morgan fingerprint density at radius 2 is 1.56 bits per heavy atom. The summed E-state index contributed by atoms with van der Waals surface area (Å²) in [5.74, 6) is -1.24. The van der Waals surface area contributed by atoms with E-state index in [2.05, 4.69) is 9.97 Å². The fraction of sp³-hybridized carbons (Fsp3) is 0.214. The maximum absolute atomic E-state index is 11.3. The van der Waals surface area contributed by atoms with Gasteiger partial charge in [-0.15, -0.1) is 0 Å². The number of pyridine rings is 2. The van der Waals surface area contributed by atoms with Crippen molar-refractivity contribution in [1.82, 2.24) is 9.97 Å². The van der Waals surface area contributed by atoms with E-state index >= 15 is 0 Å². The molecule has 2 rings (SSSR count). The highest BCUT2D eigenvalue weighted by Gasteiger charge is 2.18. The van der Waals surface area contributed by atoms with Crippen molar-refractivity contribution >= 4 is 5.97 Å². The molecule has 0 saturated heterocycles. The summed E-state index contributed by atoms with van der Waals surface area (Å²) in [6.45, 7) is 0. The highest BCUT2D eigenvalue weighted by atomic mass is 16.4. The maximum Gasteiger partial charge on any atom is 0.307 e. The molecule has 0 spiro atoms. The van der Waals surface area contributed by atoms with Gasteiger partial charge in [0.1, 0.15) is 0 Å². The van der Waals surface area contributed by atoms with Crippen molar-refractivity contribution in [2.24, 2.45) is 5.92 Å². The van der Waals surface area contributed by atoms with E-state index in [-0.39, 0.29) is 0 Å². The van der Waals surface area contributed by atoms with Crippen LogP contribution in [0.1, 0.15) is 11.1 Å². The third-order valence-electron chi connectivity index (χ3n) is 2.76. The van der Waals surface area contributed by atoms with Gasteiger partial charge in [-0.05, 0) is 36.1 Å². The van der Waals surface area contributed by atoms with Crippen LogP contribution in [0.15, 0.2) is 49.1 Å². The van der Waals surface area contributed by atoms with E-state index in [1.807, 2.05) is 24.3 Å². The van der Waals surface area contributed by atoms with E-state index in [4.69, 9.17) is 0 Å². The molecule has 1 N–H and O–H groups in total. The van der Waals surface area contributed by atoms with Gasteiger partial charge in [-0.3, -0.25) is 14.8 Å². The number of carbonyl (C=O) groups is 1. The molecule has 0 aliphatic rings. The summed E-state index contributed by atoms with van der Waals surface area (Å²) in [6, 6.07) is 7.43. The largest absolute Gasteiger partial charge is 0.481 e. The first-order valence-corrected chi connectivity index (χ1v) is 5.76. The summed E-state index contributed by atoms with van der Waals surface area (Å²) in [7, 11) is 0. The minimum absolute atomic E-state index is 0.446. The van der Waals surface area contributed by atoms with Crippen LogP contribution in [0.2, 0.25) is 0 Å². The van der Waals surface area contributed by atoms with E-state index in [0.717, 1.165) is 11.1 Å². The van der Waals surface area contributed by atoms with E-state index < -0.39 is 11.9 Å². The Kier molecular flexibility index (Phi) is 4.02. The number of aliphatic carboxylic acids is 1. The Hall–Kier alpha value is -2.23. The van der Waals surface area contributed by atoms with Gasteiger partial charge in [0, 0.05) is 24.8 Å². The number of hydrogen-bond acceptors (Lipinski definition) is 3. The maximum atomic E-state index is 11.3. The van der Waals surface area contributed by atoms with Gasteiger partial charge in [-0.2, -0.15) is 0 Å². The first-order valence-electron chi connectivity index (χ1n) is 5.76. The number of nitrogens with zero attached hydrogens (tertiary/aromatic N) is 2. The lowest BCUT2D eigenvalue weighted by molar-refractivity contribution is -0.141. The molecule has 4 nitrogen and oxygen atoms in total. The fourth-order valence-corrected chi connectivity index (χ4v) is 1.85. The van der Waals surface area contributed by atoms with Crippen molar-refractivity contribution in [2.45, 2.75) is 12.8 Å². The van der Waals surface area contributed by atoms with Crippen molar-refractivity contribution in [3.63, 3.8) is 0 Å². The van der Waals surface area contributed by atoms with Crippen LogP contribution < -0.4 is 0 Å². The topological polar surface area (TPSA) is 63.1 Å². The molecular formula is C14H14N2O2. The standard InChI is InChI=1S/C14H14N2O2/c17-14(18)13(7-11-3-1-5-15-9-11)8-12-4-2-6-16-10-12/h1-6,9-10,13H,7-8H2,(H,17,18). The molecule has 0 fully saturated rings. The Morgan fingerprint density at radius 3 is 1.89 bits per heavy atom. The van der Waals surface area contributed by atoms with Gasteiger partial charge in [0.05, 0.1) is 5.92 Å². The first-order chi connectivity index (χ1) is 8.75. The SMILES string of the molecule is O=C(O)C(Cc1cccnc1)Cc1cccnc1. The van der Waals surface area contributed by atoms with Gasteiger partial charge in [0.2, 0.25) is 0 Å². The lowest BCUT2D eigenvalue weighted by atomic mass is 9.94. The van der Waals surface area contributed by atoms with Crippen molar-refractivity contribution in [2.75, 3.05) is 0 Å². The van der Waals surface area contributed by atoms with E-state index in [1.54, 1.807) is 24.8 Å². The number of carboxylic acids is 1. The third kappa shape index (κ3) is 3.38. The number of carboxylic acid groups (broad SMARTS) is 1. The summed E-state index contributed by atoms with van der Waals surface area (Å²) in [5.41, 5.74) is 1.88. The highest BCUT2D eigenvalue weighted by Crippen LogP contribution is 2.14. The molecule has 2 heterocycles. The van der Waals surface area contributed by atoms with Crippen molar-refractivity contribution in [3.8, 4) is 0 Å². The van der Waals surface area contributed by atoms with E-state index in [1.165, 1.54) is 0 Å². The van der Waals surface area contributed by atoms with Gasteiger partial charge in [0.25, 0.3) is 0 Å². The fourth-order valence-electron chi connectivity index (χ4n) is 1.85. The van der Waals surface area contributed by atoms with Gasteiger partial charge in [-0.25, -0.2) is 0 Å². The summed E-state index contributed by atoms with van der Waals surface area (Å²) in [6.07, 6.45) is 7.75.